The van der Waals surface area contributed by atoms with Crippen LogP contribution >= 0.6 is 0 Å². The number of carbonyl (C=O) groups is 1. The molecule has 0 aromatic rings. The fourth-order valence-electron chi connectivity index (χ4n) is 3.29. The van der Waals surface area contributed by atoms with E-state index in [9.17, 15) is 4.79 Å². The molecule has 0 radical (unpaired) electrons. The van der Waals surface area contributed by atoms with E-state index in [-0.39, 0.29) is 5.91 Å². The molecule has 122 valence electrons. The molecule has 0 aromatic carbocycles. The predicted octanol–water partition coefficient (Wildman–Crippen LogP) is 0.992. The summed E-state index contributed by atoms with van der Waals surface area (Å²) in [6.45, 7) is 9.09. The maximum absolute atomic E-state index is 11.9. The molecule has 3 atom stereocenters. The molecule has 1 heterocycles. The quantitative estimate of drug-likeness (QED) is 0.718. The van der Waals surface area contributed by atoms with E-state index in [1.165, 1.54) is 25.7 Å². The van der Waals surface area contributed by atoms with Gasteiger partial charge >= 0.3 is 0 Å². The zero-order valence-electron chi connectivity index (χ0n) is 13.6. The van der Waals surface area contributed by atoms with Gasteiger partial charge in [0.2, 0.25) is 5.91 Å². The average Bonchev–Trinajstić information content (AvgIpc) is 2.48. The number of amides is 1. The smallest absolute Gasteiger partial charge is 0.234 e. The van der Waals surface area contributed by atoms with Gasteiger partial charge in [-0.2, -0.15) is 0 Å². The number of nitrogens with zero attached hydrogens (tertiary/aromatic N) is 1. The first kappa shape index (κ1) is 16.7. The van der Waals surface area contributed by atoms with Crippen LogP contribution in [0.4, 0.5) is 0 Å². The lowest BCUT2D eigenvalue weighted by molar-refractivity contribution is -0.123. The molecule has 1 saturated carbocycles. The van der Waals surface area contributed by atoms with Crippen LogP contribution in [0.15, 0.2) is 0 Å². The molecule has 2 unspecified atom stereocenters. The number of hydrogen-bond donors (Lipinski definition) is 2. The van der Waals surface area contributed by atoms with Gasteiger partial charge in [-0.15, -0.1) is 0 Å². The lowest BCUT2D eigenvalue weighted by Gasteiger charge is -2.33. The van der Waals surface area contributed by atoms with Crippen molar-refractivity contribution in [2.75, 3.05) is 39.3 Å². The van der Waals surface area contributed by atoms with Gasteiger partial charge in [0.15, 0.2) is 0 Å². The molecule has 2 N–H and O–H groups in total. The summed E-state index contributed by atoms with van der Waals surface area (Å²) in [5.41, 5.74) is 0. The second-order valence-electron chi connectivity index (χ2n) is 6.54. The van der Waals surface area contributed by atoms with E-state index in [0.29, 0.717) is 37.8 Å². The normalized spacial score (nSPS) is 31.0. The van der Waals surface area contributed by atoms with Crippen LogP contribution < -0.4 is 10.6 Å². The van der Waals surface area contributed by atoms with Crippen molar-refractivity contribution in [3.05, 3.63) is 0 Å². The van der Waals surface area contributed by atoms with Crippen LogP contribution in [0.1, 0.15) is 39.5 Å². The third-order valence-electron chi connectivity index (χ3n) is 4.77. The first-order valence-corrected chi connectivity index (χ1v) is 8.50. The molecular weight excluding hydrogens is 266 g/mol. The molecule has 0 bridgehead atoms. The standard InChI is InChI=1S/C16H31N3O2/c1-13-5-3-4-6-15(13)21-10-8-18-16(20)12-19-9-7-17-11-14(19)2/h13-15,17H,3-12H2,1-2H3,(H,18,20)/t13?,14-,15?/m0/s1. The van der Waals surface area contributed by atoms with Crippen LogP contribution in [0.5, 0.6) is 0 Å². The van der Waals surface area contributed by atoms with Crippen LogP contribution in [0, 0.1) is 5.92 Å². The van der Waals surface area contributed by atoms with Gasteiger partial charge in [0.25, 0.3) is 0 Å². The minimum Gasteiger partial charge on any atom is -0.376 e. The fraction of sp³-hybridized carbons (Fsp3) is 0.938. The zero-order chi connectivity index (χ0) is 15.1. The Bertz CT molecular complexity index is 325. The SMILES string of the molecule is CC1CCCCC1OCCNC(=O)CN1CCNC[C@@H]1C. The first-order chi connectivity index (χ1) is 10.2. The number of nitrogens with one attached hydrogen (secondary N) is 2. The van der Waals surface area contributed by atoms with Crippen molar-refractivity contribution in [2.45, 2.75) is 51.7 Å². The van der Waals surface area contributed by atoms with Crippen LogP contribution in [0.3, 0.4) is 0 Å². The highest BCUT2D eigenvalue weighted by atomic mass is 16.5. The topological polar surface area (TPSA) is 53.6 Å². The number of hydrogen-bond acceptors (Lipinski definition) is 4. The molecule has 2 fully saturated rings. The molecule has 5 heteroatoms. The summed E-state index contributed by atoms with van der Waals surface area (Å²) >= 11 is 0. The third kappa shape index (κ3) is 5.57. The van der Waals surface area contributed by atoms with Gasteiger partial charge in [-0.3, -0.25) is 9.69 Å². The second-order valence-corrected chi connectivity index (χ2v) is 6.54. The summed E-state index contributed by atoms with van der Waals surface area (Å²) in [4.78, 5) is 14.2. The van der Waals surface area contributed by atoms with E-state index >= 15 is 0 Å². The molecule has 5 nitrogen and oxygen atoms in total. The van der Waals surface area contributed by atoms with Crippen LogP contribution in [-0.4, -0.2) is 62.3 Å². The minimum absolute atomic E-state index is 0.115. The Morgan fingerprint density at radius 2 is 2.14 bits per heavy atom. The van der Waals surface area contributed by atoms with E-state index < -0.39 is 0 Å². The van der Waals surface area contributed by atoms with Gasteiger partial charge in [0.05, 0.1) is 19.3 Å². The Morgan fingerprint density at radius 1 is 1.33 bits per heavy atom. The van der Waals surface area contributed by atoms with Crippen molar-refractivity contribution in [1.29, 1.82) is 0 Å². The molecule has 1 saturated heterocycles. The van der Waals surface area contributed by atoms with Crippen molar-refractivity contribution in [3.63, 3.8) is 0 Å². The van der Waals surface area contributed by atoms with Gasteiger partial charge in [-0.05, 0) is 25.7 Å². The van der Waals surface area contributed by atoms with Gasteiger partial charge in [0.1, 0.15) is 0 Å². The number of rotatable bonds is 6. The van der Waals surface area contributed by atoms with Crippen LogP contribution in [0.25, 0.3) is 0 Å². The highest BCUT2D eigenvalue weighted by molar-refractivity contribution is 5.78. The predicted molar refractivity (Wildman–Crippen MR) is 84.3 cm³/mol. The van der Waals surface area contributed by atoms with Crippen molar-refractivity contribution in [1.82, 2.24) is 15.5 Å². The summed E-state index contributed by atoms with van der Waals surface area (Å²) in [7, 11) is 0. The van der Waals surface area contributed by atoms with E-state index in [0.717, 1.165) is 19.6 Å². The Morgan fingerprint density at radius 3 is 2.90 bits per heavy atom. The Labute approximate surface area is 128 Å². The Balaban J connectivity index is 1.56. The molecule has 2 aliphatic rings. The zero-order valence-corrected chi connectivity index (χ0v) is 13.6. The summed E-state index contributed by atoms with van der Waals surface area (Å²) in [5.74, 6) is 0.778. The summed E-state index contributed by atoms with van der Waals surface area (Å²) < 4.78 is 5.92. The van der Waals surface area contributed by atoms with E-state index in [1.54, 1.807) is 0 Å². The summed E-state index contributed by atoms with van der Waals surface area (Å²) in [5, 5.41) is 6.32. The molecule has 1 aliphatic carbocycles. The largest absolute Gasteiger partial charge is 0.376 e. The van der Waals surface area contributed by atoms with Crippen LogP contribution in [-0.2, 0) is 9.53 Å². The number of carbonyl (C=O) groups excluding carboxylic acids is 1. The monoisotopic (exact) mass is 297 g/mol. The Hall–Kier alpha value is -0.650. The van der Waals surface area contributed by atoms with Gasteiger partial charge in [0, 0.05) is 32.2 Å². The molecular formula is C16H31N3O2. The van der Waals surface area contributed by atoms with Gasteiger partial charge in [-0.25, -0.2) is 0 Å². The van der Waals surface area contributed by atoms with E-state index in [1.807, 2.05) is 0 Å². The lowest BCUT2D eigenvalue weighted by Crippen LogP contribution is -2.52. The summed E-state index contributed by atoms with van der Waals surface area (Å²) in [6, 6.07) is 0.434. The number of piperazine rings is 1. The highest BCUT2D eigenvalue weighted by Crippen LogP contribution is 2.25. The van der Waals surface area contributed by atoms with E-state index in [2.05, 4.69) is 29.4 Å². The van der Waals surface area contributed by atoms with Crippen molar-refractivity contribution in [2.24, 2.45) is 5.92 Å². The molecule has 0 aromatic heterocycles. The minimum atomic E-state index is 0.115. The highest BCUT2D eigenvalue weighted by Gasteiger charge is 2.22. The van der Waals surface area contributed by atoms with Crippen molar-refractivity contribution < 1.29 is 9.53 Å². The van der Waals surface area contributed by atoms with Crippen molar-refractivity contribution >= 4 is 5.91 Å². The summed E-state index contributed by atoms with van der Waals surface area (Å²) in [6.07, 6.45) is 5.46. The molecule has 0 spiro atoms. The maximum atomic E-state index is 11.9. The van der Waals surface area contributed by atoms with Gasteiger partial charge < -0.3 is 15.4 Å². The first-order valence-electron chi connectivity index (χ1n) is 8.50. The Kier molecular flexibility index (Phi) is 6.93. The fourth-order valence-corrected chi connectivity index (χ4v) is 3.29. The maximum Gasteiger partial charge on any atom is 0.234 e. The number of ether oxygens (including phenoxy) is 1. The average molecular weight is 297 g/mol. The second kappa shape index (κ2) is 8.71. The van der Waals surface area contributed by atoms with E-state index in [4.69, 9.17) is 4.74 Å². The third-order valence-corrected chi connectivity index (χ3v) is 4.77. The van der Waals surface area contributed by atoms with Gasteiger partial charge in [-0.1, -0.05) is 19.8 Å². The van der Waals surface area contributed by atoms with Crippen molar-refractivity contribution in [3.8, 4) is 0 Å². The molecule has 2 rings (SSSR count). The lowest BCUT2D eigenvalue weighted by atomic mass is 9.88. The molecule has 21 heavy (non-hydrogen) atoms. The van der Waals surface area contributed by atoms with Crippen LogP contribution in [0.2, 0.25) is 0 Å². The molecule has 1 aliphatic heterocycles. The molecule has 1 amide bonds.